The molecule has 0 aromatic carbocycles. The van der Waals surface area contributed by atoms with Gasteiger partial charge in [-0.3, -0.25) is 9.59 Å². The van der Waals surface area contributed by atoms with Crippen LogP contribution in [-0.2, 0) is 9.59 Å². The lowest BCUT2D eigenvalue weighted by Gasteiger charge is -2.40. The van der Waals surface area contributed by atoms with Gasteiger partial charge in [-0.2, -0.15) is 0 Å². The van der Waals surface area contributed by atoms with Gasteiger partial charge in [0, 0.05) is 24.4 Å². The Balaban J connectivity index is 1.65. The second kappa shape index (κ2) is 5.14. The number of nitrogens with zero attached hydrogens (tertiary/aromatic N) is 1. The molecule has 2 unspecified atom stereocenters. The molecule has 2 atom stereocenters. The molecule has 2 aliphatic heterocycles. The number of carboxylic acid groups (broad SMARTS) is 1. The summed E-state index contributed by atoms with van der Waals surface area (Å²) in [5.74, 6) is 0.223. The summed E-state index contributed by atoms with van der Waals surface area (Å²) >= 11 is 0. The molecule has 0 spiro atoms. The lowest BCUT2D eigenvalue weighted by atomic mass is 9.87. The van der Waals surface area contributed by atoms with Gasteiger partial charge >= 0.3 is 5.97 Å². The fourth-order valence-electron chi connectivity index (χ4n) is 4.45. The lowest BCUT2D eigenvalue weighted by Crippen LogP contribution is -2.48. The summed E-state index contributed by atoms with van der Waals surface area (Å²) in [6, 6.07) is 0.660. The van der Waals surface area contributed by atoms with E-state index in [1.807, 2.05) is 0 Å². The average Bonchev–Trinajstić information content (AvgIpc) is 2.95. The zero-order chi connectivity index (χ0) is 13.4. The number of aliphatic carboxylic acids is 1. The van der Waals surface area contributed by atoms with E-state index in [-0.39, 0.29) is 18.3 Å². The zero-order valence-electron chi connectivity index (χ0n) is 11.4. The van der Waals surface area contributed by atoms with Crippen LogP contribution < -0.4 is 0 Å². The molecular weight excluding hydrogens is 242 g/mol. The van der Waals surface area contributed by atoms with Gasteiger partial charge in [0.1, 0.15) is 0 Å². The van der Waals surface area contributed by atoms with Crippen molar-refractivity contribution in [2.24, 2.45) is 11.8 Å². The van der Waals surface area contributed by atoms with Crippen LogP contribution in [0.3, 0.4) is 0 Å². The van der Waals surface area contributed by atoms with Gasteiger partial charge < -0.3 is 10.0 Å². The Bertz CT molecular complexity index is 362. The number of hydrogen-bond acceptors (Lipinski definition) is 2. The van der Waals surface area contributed by atoms with E-state index in [0.29, 0.717) is 18.0 Å². The van der Waals surface area contributed by atoms with Gasteiger partial charge in [-0.25, -0.2) is 0 Å². The Morgan fingerprint density at radius 3 is 2.11 bits per heavy atom. The van der Waals surface area contributed by atoms with Crippen molar-refractivity contribution in [3.8, 4) is 0 Å². The molecule has 1 N–H and O–H groups in total. The van der Waals surface area contributed by atoms with Crippen molar-refractivity contribution >= 4 is 11.9 Å². The minimum atomic E-state index is -0.694. The number of rotatable bonds is 3. The molecule has 0 aromatic rings. The fourth-order valence-corrected chi connectivity index (χ4v) is 4.45. The summed E-state index contributed by atoms with van der Waals surface area (Å²) in [6.45, 7) is 0. The van der Waals surface area contributed by atoms with Crippen LogP contribution in [0.1, 0.15) is 57.8 Å². The minimum absolute atomic E-state index is 0.263. The number of carboxylic acids is 1. The lowest BCUT2D eigenvalue weighted by molar-refractivity contribution is -0.142. The third kappa shape index (κ3) is 2.49. The summed E-state index contributed by atoms with van der Waals surface area (Å²) in [5.41, 5.74) is 0. The fraction of sp³-hybridized carbons (Fsp3) is 0.867. The third-order valence-corrected chi connectivity index (χ3v) is 5.25. The van der Waals surface area contributed by atoms with E-state index >= 15 is 0 Å². The summed E-state index contributed by atoms with van der Waals surface area (Å²) in [5, 5.41) is 8.93. The topological polar surface area (TPSA) is 57.6 Å². The maximum Gasteiger partial charge on any atom is 0.303 e. The van der Waals surface area contributed by atoms with Gasteiger partial charge in [0.25, 0.3) is 0 Å². The Morgan fingerprint density at radius 2 is 1.58 bits per heavy atom. The molecule has 2 heterocycles. The van der Waals surface area contributed by atoms with Gasteiger partial charge in [-0.15, -0.1) is 0 Å². The SMILES string of the molecule is O=C(O)CC1CC2CCC(C1)N2C(=O)C1CCCC1. The van der Waals surface area contributed by atoms with Gasteiger partial charge in [-0.1, -0.05) is 12.8 Å². The van der Waals surface area contributed by atoms with Crippen LogP contribution in [0.2, 0.25) is 0 Å². The number of carbonyl (C=O) groups excluding carboxylic acids is 1. The van der Waals surface area contributed by atoms with Crippen LogP contribution >= 0.6 is 0 Å². The Kier molecular flexibility index (Phi) is 3.50. The molecule has 3 fully saturated rings. The van der Waals surface area contributed by atoms with Crippen molar-refractivity contribution in [2.45, 2.75) is 69.9 Å². The van der Waals surface area contributed by atoms with Crippen LogP contribution in [0.15, 0.2) is 0 Å². The standard InChI is InChI=1S/C15H23NO3/c17-14(18)9-10-7-12-5-6-13(8-10)16(12)15(19)11-3-1-2-4-11/h10-13H,1-9H2,(H,17,18). The molecule has 0 radical (unpaired) electrons. The first kappa shape index (κ1) is 12.9. The molecule has 1 saturated carbocycles. The van der Waals surface area contributed by atoms with E-state index in [2.05, 4.69) is 4.90 Å². The first-order valence-corrected chi connectivity index (χ1v) is 7.69. The Morgan fingerprint density at radius 1 is 1.00 bits per heavy atom. The van der Waals surface area contributed by atoms with Crippen molar-refractivity contribution in [1.82, 2.24) is 4.90 Å². The molecule has 106 valence electrons. The second-order valence-electron chi connectivity index (χ2n) is 6.55. The molecular formula is C15H23NO3. The summed E-state index contributed by atoms with van der Waals surface area (Å²) in [7, 11) is 0. The van der Waals surface area contributed by atoms with Crippen molar-refractivity contribution in [2.75, 3.05) is 0 Å². The van der Waals surface area contributed by atoms with Crippen LogP contribution in [0.4, 0.5) is 0 Å². The highest BCUT2D eigenvalue weighted by molar-refractivity contribution is 5.80. The van der Waals surface area contributed by atoms with Crippen LogP contribution in [0, 0.1) is 11.8 Å². The van der Waals surface area contributed by atoms with Crippen LogP contribution in [0.5, 0.6) is 0 Å². The van der Waals surface area contributed by atoms with Gasteiger partial charge in [0.05, 0.1) is 0 Å². The quantitative estimate of drug-likeness (QED) is 0.852. The van der Waals surface area contributed by atoms with E-state index < -0.39 is 5.97 Å². The smallest absolute Gasteiger partial charge is 0.303 e. The minimum Gasteiger partial charge on any atom is -0.481 e. The molecule has 3 rings (SSSR count). The molecule has 2 saturated heterocycles. The number of carbonyl (C=O) groups is 2. The average molecular weight is 265 g/mol. The molecule has 2 bridgehead atoms. The first-order chi connectivity index (χ1) is 9.15. The maximum atomic E-state index is 12.6. The van der Waals surface area contributed by atoms with Crippen molar-refractivity contribution in [3.05, 3.63) is 0 Å². The normalized spacial score (nSPS) is 34.7. The third-order valence-electron chi connectivity index (χ3n) is 5.25. The van der Waals surface area contributed by atoms with Crippen LogP contribution in [0.25, 0.3) is 0 Å². The highest BCUT2D eigenvalue weighted by atomic mass is 16.4. The van der Waals surface area contributed by atoms with Gasteiger partial charge in [-0.05, 0) is 44.4 Å². The molecule has 1 aliphatic carbocycles. The highest BCUT2D eigenvalue weighted by Crippen LogP contribution is 2.42. The zero-order valence-corrected chi connectivity index (χ0v) is 11.4. The van der Waals surface area contributed by atoms with E-state index in [9.17, 15) is 9.59 Å². The largest absolute Gasteiger partial charge is 0.481 e. The molecule has 1 amide bonds. The maximum absolute atomic E-state index is 12.6. The monoisotopic (exact) mass is 265 g/mol. The summed E-state index contributed by atoms with van der Waals surface area (Å²) in [4.78, 5) is 25.6. The first-order valence-electron chi connectivity index (χ1n) is 7.69. The second-order valence-corrected chi connectivity index (χ2v) is 6.55. The van der Waals surface area contributed by atoms with E-state index in [1.54, 1.807) is 0 Å². The predicted octanol–water partition coefficient (Wildman–Crippen LogP) is 2.42. The molecule has 19 heavy (non-hydrogen) atoms. The van der Waals surface area contributed by atoms with Gasteiger partial charge in [0.2, 0.25) is 5.91 Å². The Hall–Kier alpha value is -1.06. The van der Waals surface area contributed by atoms with Crippen molar-refractivity contribution in [1.29, 1.82) is 0 Å². The van der Waals surface area contributed by atoms with Crippen molar-refractivity contribution < 1.29 is 14.7 Å². The Labute approximate surface area is 114 Å². The molecule has 0 aromatic heterocycles. The number of fused-ring (bicyclic) bond motifs is 2. The van der Waals surface area contributed by atoms with Crippen molar-refractivity contribution in [3.63, 3.8) is 0 Å². The summed E-state index contributed by atoms with van der Waals surface area (Å²) < 4.78 is 0. The van der Waals surface area contributed by atoms with E-state index in [1.165, 1.54) is 12.8 Å². The van der Waals surface area contributed by atoms with Crippen LogP contribution in [-0.4, -0.2) is 34.0 Å². The molecule has 3 aliphatic rings. The predicted molar refractivity (Wildman–Crippen MR) is 70.6 cm³/mol. The van der Waals surface area contributed by atoms with Gasteiger partial charge in [0.15, 0.2) is 0 Å². The van der Waals surface area contributed by atoms with E-state index in [0.717, 1.165) is 38.5 Å². The number of piperidine rings is 1. The molecule has 4 heteroatoms. The highest BCUT2D eigenvalue weighted by Gasteiger charge is 2.45. The summed E-state index contributed by atoms with van der Waals surface area (Å²) in [6.07, 6.45) is 8.77. The number of amides is 1. The number of hydrogen-bond donors (Lipinski definition) is 1. The molecule has 4 nitrogen and oxygen atoms in total. The van der Waals surface area contributed by atoms with E-state index in [4.69, 9.17) is 5.11 Å².